The number of piperidine rings is 1. The zero-order valence-corrected chi connectivity index (χ0v) is 13.7. The van der Waals surface area contributed by atoms with Crippen molar-refractivity contribution in [1.29, 1.82) is 0 Å². The highest BCUT2D eigenvalue weighted by molar-refractivity contribution is 5.86. The summed E-state index contributed by atoms with van der Waals surface area (Å²) in [5, 5.41) is 0. The van der Waals surface area contributed by atoms with Gasteiger partial charge in [0.15, 0.2) is 5.67 Å². The summed E-state index contributed by atoms with van der Waals surface area (Å²) >= 11 is 0. The predicted octanol–water partition coefficient (Wildman–Crippen LogP) is 3.14. The Morgan fingerprint density at radius 3 is 2.23 bits per heavy atom. The lowest BCUT2D eigenvalue weighted by atomic mass is 9.78. The number of hydrogen-bond donors (Lipinski definition) is 0. The van der Waals surface area contributed by atoms with Gasteiger partial charge < -0.3 is 4.90 Å². The molecular weight excluding hydrogens is 279 g/mol. The predicted molar refractivity (Wildman–Crippen MR) is 84.4 cm³/mol. The molecule has 1 amide bonds. The molecule has 2 heterocycles. The fourth-order valence-corrected chi connectivity index (χ4v) is 4.94. The number of hydrogen-bond acceptors (Lipinski definition) is 2. The summed E-state index contributed by atoms with van der Waals surface area (Å²) in [6.45, 7) is 4.04. The largest absolute Gasteiger partial charge is 0.340 e. The summed E-state index contributed by atoms with van der Waals surface area (Å²) < 4.78 is 14.4. The molecule has 0 aromatic rings. The summed E-state index contributed by atoms with van der Waals surface area (Å²) in [4.78, 5) is 16.9. The van der Waals surface area contributed by atoms with Crippen molar-refractivity contribution >= 4 is 5.91 Å². The van der Waals surface area contributed by atoms with E-state index in [2.05, 4.69) is 4.90 Å². The molecule has 4 aliphatic rings. The van der Waals surface area contributed by atoms with Gasteiger partial charge in [-0.1, -0.05) is 6.42 Å². The van der Waals surface area contributed by atoms with Gasteiger partial charge in [0.1, 0.15) is 0 Å². The van der Waals surface area contributed by atoms with Crippen LogP contribution in [0.2, 0.25) is 0 Å². The fraction of sp³-hybridized carbons (Fsp3) is 0.944. The van der Waals surface area contributed by atoms with Crippen LogP contribution in [0.1, 0.15) is 64.2 Å². The zero-order valence-electron chi connectivity index (χ0n) is 13.7. The maximum atomic E-state index is 14.4. The van der Waals surface area contributed by atoms with E-state index in [1.54, 1.807) is 0 Å². The van der Waals surface area contributed by atoms with Crippen LogP contribution in [0, 0.1) is 5.92 Å². The Kier molecular flexibility index (Phi) is 3.71. The monoisotopic (exact) mass is 308 g/mol. The van der Waals surface area contributed by atoms with E-state index in [4.69, 9.17) is 0 Å². The molecule has 0 radical (unpaired) electrons. The summed E-state index contributed by atoms with van der Waals surface area (Å²) in [6.07, 6.45) is 10.7. The minimum Gasteiger partial charge on any atom is -0.340 e. The number of carbonyl (C=O) groups excluding carboxylic acids is 1. The van der Waals surface area contributed by atoms with E-state index in [0.29, 0.717) is 18.4 Å². The molecule has 0 bridgehead atoms. The van der Waals surface area contributed by atoms with E-state index in [1.807, 2.05) is 4.90 Å². The number of halogens is 1. The number of alkyl halides is 1. The van der Waals surface area contributed by atoms with Crippen molar-refractivity contribution in [1.82, 2.24) is 9.80 Å². The Labute approximate surface area is 133 Å². The van der Waals surface area contributed by atoms with E-state index < -0.39 is 5.67 Å². The normalized spacial score (nSPS) is 31.0. The molecule has 0 unspecified atom stereocenters. The van der Waals surface area contributed by atoms with Crippen LogP contribution < -0.4 is 0 Å². The standard InChI is InChI=1S/C18H29FN2O/c19-18(7-2-8-18)16(22)20-12-9-17(10-13-20)6-3-11-21(17)14-15-4-1-5-15/h15H,1-14H2. The number of rotatable bonds is 3. The first kappa shape index (κ1) is 14.9. The van der Waals surface area contributed by atoms with Gasteiger partial charge in [0.25, 0.3) is 5.91 Å². The molecule has 1 spiro atoms. The van der Waals surface area contributed by atoms with Crippen molar-refractivity contribution in [2.24, 2.45) is 5.92 Å². The highest BCUT2D eigenvalue weighted by atomic mass is 19.1. The van der Waals surface area contributed by atoms with Crippen LogP contribution in [0.3, 0.4) is 0 Å². The van der Waals surface area contributed by atoms with Crippen molar-refractivity contribution < 1.29 is 9.18 Å². The minimum absolute atomic E-state index is 0.211. The van der Waals surface area contributed by atoms with E-state index in [-0.39, 0.29) is 5.91 Å². The van der Waals surface area contributed by atoms with Crippen molar-refractivity contribution in [2.75, 3.05) is 26.2 Å². The van der Waals surface area contributed by atoms with Gasteiger partial charge in [0.2, 0.25) is 0 Å². The third-order valence-electron chi connectivity index (χ3n) is 6.96. The van der Waals surface area contributed by atoms with Crippen molar-refractivity contribution in [2.45, 2.75) is 75.4 Å². The van der Waals surface area contributed by atoms with Crippen molar-refractivity contribution in [3.05, 3.63) is 0 Å². The Bertz CT molecular complexity index is 436. The average Bonchev–Trinajstić information content (AvgIpc) is 2.83. The Morgan fingerprint density at radius 2 is 1.68 bits per heavy atom. The second-order valence-electron chi connectivity index (χ2n) is 8.18. The maximum absolute atomic E-state index is 14.4. The van der Waals surface area contributed by atoms with Gasteiger partial charge in [0.05, 0.1) is 0 Å². The molecule has 0 atom stereocenters. The first-order valence-electron chi connectivity index (χ1n) is 9.35. The molecule has 0 N–H and O–H groups in total. The molecule has 0 aromatic heterocycles. The Hall–Kier alpha value is -0.640. The second-order valence-corrected chi connectivity index (χ2v) is 8.18. The summed E-state index contributed by atoms with van der Waals surface area (Å²) in [5.41, 5.74) is -1.18. The van der Waals surface area contributed by atoms with E-state index in [9.17, 15) is 9.18 Å². The minimum atomic E-state index is -1.51. The van der Waals surface area contributed by atoms with Crippen LogP contribution in [-0.2, 0) is 4.79 Å². The van der Waals surface area contributed by atoms with Crippen LogP contribution in [0.15, 0.2) is 0 Å². The lowest BCUT2D eigenvalue weighted by Crippen LogP contribution is -2.58. The fourth-order valence-electron chi connectivity index (χ4n) is 4.94. The molecule has 4 rings (SSSR count). The first-order valence-corrected chi connectivity index (χ1v) is 9.35. The SMILES string of the molecule is O=C(N1CCC2(CCCN2CC2CCC2)CC1)C1(F)CCC1. The lowest BCUT2D eigenvalue weighted by Gasteiger charge is -2.48. The molecule has 2 aliphatic heterocycles. The third-order valence-corrected chi connectivity index (χ3v) is 6.96. The van der Waals surface area contributed by atoms with Gasteiger partial charge in [0, 0.05) is 25.2 Å². The molecule has 3 nitrogen and oxygen atoms in total. The number of carbonyl (C=O) groups is 1. The summed E-state index contributed by atoms with van der Waals surface area (Å²) in [5.74, 6) is 0.705. The molecular formula is C18H29FN2O. The first-order chi connectivity index (χ1) is 10.6. The zero-order chi connectivity index (χ0) is 15.2. The number of likely N-dealkylation sites (tertiary alicyclic amines) is 2. The van der Waals surface area contributed by atoms with Gasteiger partial charge in [-0.2, -0.15) is 0 Å². The second kappa shape index (κ2) is 5.47. The smallest absolute Gasteiger partial charge is 0.260 e. The van der Waals surface area contributed by atoms with Crippen LogP contribution in [0.25, 0.3) is 0 Å². The summed E-state index contributed by atoms with van der Waals surface area (Å²) in [7, 11) is 0. The lowest BCUT2D eigenvalue weighted by molar-refractivity contribution is -0.152. The van der Waals surface area contributed by atoms with Gasteiger partial charge >= 0.3 is 0 Å². The van der Waals surface area contributed by atoms with E-state index >= 15 is 0 Å². The van der Waals surface area contributed by atoms with E-state index in [1.165, 1.54) is 45.2 Å². The quantitative estimate of drug-likeness (QED) is 0.800. The van der Waals surface area contributed by atoms with Crippen LogP contribution in [0.5, 0.6) is 0 Å². The number of amides is 1. The Balaban J connectivity index is 1.36. The molecule has 4 fully saturated rings. The van der Waals surface area contributed by atoms with Gasteiger partial charge in [-0.05, 0) is 70.3 Å². The Morgan fingerprint density at radius 1 is 0.955 bits per heavy atom. The highest BCUT2D eigenvalue weighted by Crippen LogP contribution is 2.43. The van der Waals surface area contributed by atoms with Gasteiger partial charge in [-0.15, -0.1) is 0 Å². The molecule has 2 aliphatic carbocycles. The van der Waals surface area contributed by atoms with Gasteiger partial charge in [-0.3, -0.25) is 9.69 Å². The third kappa shape index (κ3) is 2.38. The van der Waals surface area contributed by atoms with Crippen molar-refractivity contribution in [3.63, 3.8) is 0 Å². The number of nitrogens with zero attached hydrogens (tertiary/aromatic N) is 2. The van der Waals surface area contributed by atoms with E-state index in [0.717, 1.165) is 38.3 Å². The van der Waals surface area contributed by atoms with Crippen LogP contribution >= 0.6 is 0 Å². The summed E-state index contributed by atoms with van der Waals surface area (Å²) in [6, 6.07) is 0. The molecule has 0 aromatic carbocycles. The van der Waals surface area contributed by atoms with Gasteiger partial charge in [-0.25, -0.2) is 4.39 Å². The average molecular weight is 308 g/mol. The molecule has 22 heavy (non-hydrogen) atoms. The maximum Gasteiger partial charge on any atom is 0.260 e. The molecule has 2 saturated heterocycles. The van der Waals surface area contributed by atoms with Crippen LogP contribution in [-0.4, -0.2) is 53.1 Å². The molecule has 2 saturated carbocycles. The molecule has 4 heteroatoms. The molecule has 124 valence electrons. The van der Waals surface area contributed by atoms with Crippen molar-refractivity contribution in [3.8, 4) is 0 Å². The van der Waals surface area contributed by atoms with Crippen LogP contribution in [0.4, 0.5) is 4.39 Å². The topological polar surface area (TPSA) is 23.6 Å². The highest BCUT2D eigenvalue weighted by Gasteiger charge is 2.50.